The number of hydrogen-bond donors (Lipinski definition) is 4. The highest BCUT2D eigenvalue weighted by Crippen LogP contribution is 2.20. The highest BCUT2D eigenvalue weighted by atomic mass is 16.2. The van der Waals surface area contributed by atoms with E-state index in [4.69, 9.17) is 5.73 Å². The third-order valence-corrected chi connectivity index (χ3v) is 3.64. The van der Waals surface area contributed by atoms with E-state index in [0.29, 0.717) is 16.9 Å². The number of H-pyrrole nitrogens is 1. The Morgan fingerprint density at radius 3 is 2.52 bits per heavy atom. The molecular weight excluding hydrogens is 318 g/mol. The smallest absolute Gasteiger partial charge is 0.274 e. The zero-order chi connectivity index (χ0) is 17.8. The van der Waals surface area contributed by atoms with Gasteiger partial charge in [0, 0.05) is 29.2 Å². The van der Waals surface area contributed by atoms with Crippen molar-refractivity contribution in [3.05, 3.63) is 65.9 Å². The zero-order valence-corrected chi connectivity index (χ0v) is 13.5. The number of carbonyl (C=O) groups excluding carboxylic acids is 2. The monoisotopic (exact) mass is 335 g/mol. The highest BCUT2D eigenvalue weighted by Gasteiger charge is 2.11. The SMILES string of the molecule is CN=C(N)NC(=O)c1cc2ccc(NC(=O)c3ccccc3)cc2[nH]1. The van der Waals surface area contributed by atoms with Crippen molar-refractivity contribution in [3.8, 4) is 0 Å². The molecule has 3 rings (SSSR count). The molecule has 1 aromatic heterocycles. The topological polar surface area (TPSA) is 112 Å². The van der Waals surface area contributed by atoms with Crippen LogP contribution in [0.25, 0.3) is 10.9 Å². The lowest BCUT2D eigenvalue weighted by molar-refractivity contribution is 0.0971. The first kappa shape index (κ1) is 16.3. The van der Waals surface area contributed by atoms with Gasteiger partial charge in [-0.3, -0.25) is 19.9 Å². The number of aromatic amines is 1. The molecule has 7 heteroatoms. The Balaban J connectivity index is 1.81. The number of nitrogens with one attached hydrogen (secondary N) is 3. The first-order valence-corrected chi connectivity index (χ1v) is 7.59. The van der Waals surface area contributed by atoms with E-state index in [1.54, 1.807) is 42.5 Å². The number of carbonyl (C=O) groups is 2. The Morgan fingerprint density at radius 2 is 1.80 bits per heavy atom. The molecule has 0 radical (unpaired) electrons. The lowest BCUT2D eigenvalue weighted by Crippen LogP contribution is -2.36. The summed E-state index contributed by atoms with van der Waals surface area (Å²) in [6.45, 7) is 0. The summed E-state index contributed by atoms with van der Waals surface area (Å²) in [6.07, 6.45) is 0. The molecule has 0 saturated carbocycles. The van der Waals surface area contributed by atoms with E-state index in [9.17, 15) is 9.59 Å². The summed E-state index contributed by atoms with van der Waals surface area (Å²) < 4.78 is 0. The number of rotatable bonds is 3. The van der Waals surface area contributed by atoms with Gasteiger partial charge in [0.1, 0.15) is 5.69 Å². The third-order valence-electron chi connectivity index (χ3n) is 3.64. The van der Waals surface area contributed by atoms with Crippen LogP contribution in [0.5, 0.6) is 0 Å². The average molecular weight is 335 g/mol. The number of guanidine groups is 1. The highest BCUT2D eigenvalue weighted by molar-refractivity contribution is 6.07. The summed E-state index contributed by atoms with van der Waals surface area (Å²) >= 11 is 0. The van der Waals surface area contributed by atoms with E-state index in [-0.39, 0.29) is 17.8 Å². The number of anilines is 1. The lowest BCUT2D eigenvalue weighted by atomic mass is 10.2. The molecule has 2 amide bonds. The molecule has 2 aromatic carbocycles. The Hall–Kier alpha value is -3.61. The van der Waals surface area contributed by atoms with Crippen LogP contribution in [0.3, 0.4) is 0 Å². The van der Waals surface area contributed by atoms with E-state index < -0.39 is 0 Å². The van der Waals surface area contributed by atoms with Gasteiger partial charge in [-0.25, -0.2) is 0 Å². The number of aromatic nitrogens is 1. The Bertz CT molecular complexity index is 960. The molecule has 0 unspecified atom stereocenters. The molecule has 0 aliphatic rings. The van der Waals surface area contributed by atoms with E-state index in [2.05, 4.69) is 20.6 Å². The maximum atomic E-state index is 12.2. The summed E-state index contributed by atoms with van der Waals surface area (Å²) in [5, 5.41) is 6.14. The maximum absolute atomic E-state index is 12.2. The minimum Gasteiger partial charge on any atom is -0.370 e. The molecule has 3 aromatic rings. The predicted molar refractivity (Wildman–Crippen MR) is 97.7 cm³/mol. The predicted octanol–water partition coefficient (Wildman–Crippen LogP) is 2.09. The second-order valence-corrected chi connectivity index (χ2v) is 5.37. The van der Waals surface area contributed by atoms with Crippen LogP contribution in [0, 0.1) is 0 Å². The number of amides is 2. The first-order valence-electron chi connectivity index (χ1n) is 7.59. The quantitative estimate of drug-likeness (QED) is 0.434. The Labute approximate surface area is 143 Å². The number of hydrogen-bond acceptors (Lipinski definition) is 3. The van der Waals surface area contributed by atoms with Crippen LogP contribution in [-0.2, 0) is 0 Å². The third kappa shape index (κ3) is 3.66. The van der Waals surface area contributed by atoms with E-state index in [1.165, 1.54) is 7.05 Å². The van der Waals surface area contributed by atoms with Gasteiger partial charge in [-0.15, -0.1) is 0 Å². The van der Waals surface area contributed by atoms with Crippen molar-refractivity contribution >= 4 is 34.4 Å². The van der Waals surface area contributed by atoms with Crippen LogP contribution >= 0.6 is 0 Å². The number of aliphatic imine (C=N–C) groups is 1. The van der Waals surface area contributed by atoms with Crippen molar-refractivity contribution in [1.82, 2.24) is 10.3 Å². The number of benzene rings is 2. The number of fused-ring (bicyclic) bond motifs is 1. The fraction of sp³-hybridized carbons (Fsp3) is 0.0556. The van der Waals surface area contributed by atoms with Crippen LogP contribution in [0.15, 0.2) is 59.6 Å². The fourth-order valence-electron chi connectivity index (χ4n) is 2.36. The first-order chi connectivity index (χ1) is 12.1. The summed E-state index contributed by atoms with van der Waals surface area (Å²) in [6, 6.07) is 16.0. The van der Waals surface area contributed by atoms with Crippen LogP contribution < -0.4 is 16.4 Å². The van der Waals surface area contributed by atoms with Crippen LogP contribution in [0.4, 0.5) is 5.69 Å². The molecule has 0 atom stereocenters. The van der Waals surface area contributed by atoms with Crippen LogP contribution in [-0.4, -0.2) is 29.8 Å². The summed E-state index contributed by atoms with van der Waals surface area (Å²) in [5.41, 5.74) is 7.78. The number of nitrogens with zero attached hydrogens (tertiary/aromatic N) is 1. The van der Waals surface area contributed by atoms with Gasteiger partial charge in [0.05, 0.1) is 0 Å². The zero-order valence-electron chi connectivity index (χ0n) is 13.5. The van der Waals surface area contributed by atoms with Gasteiger partial charge in [0.15, 0.2) is 5.96 Å². The largest absolute Gasteiger partial charge is 0.370 e. The molecule has 5 N–H and O–H groups in total. The van der Waals surface area contributed by atoms with Gasteiger partial charge < -0.3 is 16.0 Å². The minimum absolute atomic E-state index is 0.0412. The molecule has 0 aliphatic heterocycles. The van der Waals surface area contributed by atoms with Gasteiger partial charge >= 0.3 is 0 Å². The molecule has 0 bridgehead atoms. The lowest BCUT2D eigenvalue weighted by Gasteiger charge is -2.05. The molecule has 7 nitrogen and oxygen atoms in total. The van der Waals surface area contributed by atoms with E-state index in [1.807, 2.05) is 12.1 Å². The summed E-state index contributed by atoms with van der Waals surface area (Å²) in [4.78, 5) is 31.0. The fourth-order valence-corrected chi connectivity index (χ4v) is 2.36. The number of nitrogens with two attached hydrogens (primary N) is 1. The Morgan fingerprint density at radius 1 is 1.04 bits per heavy atom. The minimum atomic E-state index is -0.380. The van der Waals surface area contributed by atoms with Crippen molar-refractivity contribution in [1.29, 1.82) is 0 Å². The standard InChI is InChI=1S/C18H17N5O2/c1-20-18(19)23-17(25)15-9-12-7-8-13(10-14(12)22-15)21-16(24)11-5-3-2-4-6-11/h2-10,22H,1H3,(H,21,24)(H3,19,20,23,25). The van der Waals surface area contributed by atoms with Crippen molar-refractivity contribution in [2.45, 2.75) is 0 Å². The molecule has 1 heterocycles. The second-order valence-electron chi connectivity index (χ2n) is 5.37. The molecule has 0 aliphatic carbocycles. The summed E-state index contributed by atoms with van der Waals surface area (Å²) in [5.74, 6) is -0.537. The van der Waals surface area contributed by atoms with Gasteiger partial charge in [-0.1, -0.05) is 24.3 Å². The van der Waals surface area contributed by atoms with E-state index >= 15 is 0 Å². The normalized spacial score (nSPS) is 11.3. The van der Waals surface area contributed by atoms with Crippen molar-refractivity contribution in [2.75, 3.05) is 12.4 Å². The van der Waals surface area contributed by atoms with Gasteiger partial charge in [0.25, 0.3) is 11.8 Å². The van der Waals surface area contributed by atoms with Gasteiger partial charge in [-0.05, 0) is 30.3 Å². The van der Waals surface area contributed by atoms with Crippen molar-refractivity contribution < 1.29 is 9.59 Å². The summed E-state index contributed by atoms with van der Waals surface area (Å²) in [7, 11) is 1.49. The van der Waals surface area contributed by atoms with Gasteiger partial charge in [0.2, 0.25) is 0 Å². The van der Waals surface area contributed by atoms with Crippen molar-refractivity contribution in [2.24, 2.45) is 10.7 Å². The molecule has 126 valence electrons. The molecule has 0 spiro atoms. The second kappa shape index (κ2) is 6.88. The van der Waals surface area contributed by atoms with Gasteiger partial charge in [-0.2, -0.15) is 0 Å². The van der Waals surface area contributed by atoms with Crippen LogP contribution in [0.2, 0.25) is 0 Å². The maximum Gasteiger partial charge on any atom is 0.274 e. The molecule has 0 fully saturated rings. The molecule has 0 saturated heterocycles. The molecular formula is C18H17N5O2. The average Bonchev–Trinajstić information content (AvgIpc) is 3.05. The van der Waals surface area contributed by atoms with Crippen LogP contribution in [0.1, 0.15) is 20.8 Å². The van der Waals surface area contributed by atoms with E-state index in [0.717, 1.165) is 10.9 Å². The Kier molecular flexibility index (Phi) is 4.47. The molecule has 25 heavy (non-hydrogen) atoms. The van der Waals surface area contributed by atoms with Crippen molar-refractivity contribution in [3.63, 3.8) is 0 Å².